The largest absolute Gasteiger partial charge is 0.353 e. The summed E-state index contributed by atoms with van der Waals surface area (Å²) in [4.78, 5) is 7.30. The Bertz CT molecular complexity index is 405. The summed E-state index contributed by atoms with van der Waals surface area (Å²) in [6, 6.07) is 5.31. The lowest BCUT2D eigenvalue weighted by Gasteiger charge is -2.33. The molecule has 20 heavy (non-hydrogen) atoms. The van der Waals surface area contributed by atoms with Crippen molar-refractivity contribution in [2.75, 3.05) is 18.0 Å². The monoisotopic (exact) mass is 275 g/mol. The molecule has 2 rings (SSSR count). The molecule has 0 amide bonds. The van der Waals surface area contributed by atoms with Gasteiger partial charge in [-0.05, 0) is 38.8 Å². The molecule has 1 aliphatic rings. The minimum absolute atomic E-state index is 0.365. The lowest BCUT2D eigenvalue weighted by molar-refractivity contribution is 0.541. The van der Waals surface area contributed by atoms with Gasteiger partial charge in [0.05, 0.1) is 0 Å². The molecule has 0 bridgehead atoms. The first kappa shape index (κ1) is 15.3. The lowest BCUT2D eigenvalue weighted by Crippen LogP contribution is -2.36. The number of rotatable bonds is 5. The molecule has 1 N–H and O–H groups in total. The maximum Gasteiger partial charge on any atom is 0.133 e. The molecule has 2 unspecified atom stereocenters. The number of anilines is 1. The van der Waals surface area contributed by atoms with Crippen molar-refractivity contribution in [3.63, 3.8) is 0 Å². The van der Waals surface area contributed by atoms with Gasteiger partial charge in [-0.2, -0.15) is 0 Å². The molecule has 112 valence electrons. The fraction of sp³-hybridized carbons (Fsp3) is 0.706. The van der Waals surface area contributed by atoms with E-state index in [1.165, 1.54) is 43.5 Å². The van der Waals surface area contributed by atoms with Crippen LogP contribution in [0.1, 0.15) is 64.5 Å². The van der Waals surface area contributed by atoms with Crippen LogP contribution in [-0.2, 0) is 0 Å². The summed E-state index contributed by atoms with van der Waals surface area (Å²) in [6.07, 6.45) is 8.47. The summed E-state index contributed by atoms with van der Waals surface area (Å²) in [5, 5.41) is 3.52. The molecule has 0 spiro atoms. The highest BCUT2D eigenvalue weighted by molar-refractivity contribution is 5.49. The van der Waals surface area contributed by atoms with Crippen molar-refractivity contribution >= 4 is 5.82 Å². The SMILES string of the molecule is CCNC(C)c1cccnc1N1CCCCCC1CC. The molecule has 3 heteroatoms. The van der Waals surface area contributed by atoms with E-state index in [1.807, 2.05) is 6.20 Å². The van der Waals surface area contributed by atoms with Crippen LogP contribution in [0.4, 0.5) is 5.82 Å². The van der Waals surface area contributed by atoms with E-state index in [0.717, 1.165) is 13.1 Å². The second kappa shape index (κ2) is 7.63. The fourth-order valence-electron chi connectivity index (χ4n) is 3.28. The zero-order valence-corrected chi connectivity index (χ0v) is 13.2. The number of nitrogens with one attached hydrogen (secondary N) is 1. The maximum atomic E-state index is 4.73. The summed E-state index contributed by atoms with van der Waals surface area (Å²) < 4.78 is 0. The van der Waals surface area contributed by atoms with E-state index in [4.69, 9.17) is 4.98 Å². The average Bonchev–Trinajstić information content (AvgIpc) is 2.72. The van der Waals surface area contributed by atoms with Crippen LogP contribution in [0.15, 0.2) is 18.3 Å². The van der Waals surface area contributed by atoms with E-state index < -0.39 is 0 Å². The van der Waals surface area contributed by atoms with Crippen molar-refractivity contribution in [2.45, 2.75) is 65.0 Å². The van der Waals surface area contributed by atoms with Gasteiger partial charge < -0.3 is 10.2 Å². The first-order valence-electron chi connectivity index (χ1n) is 8.22. The molecule has 0 saturated carbocycles. The van der Waals surface area contributed by atoms with Crippen molar-refractivity contribution in [3.8, 4) is 0 Å². The first-order valence-corrected chi connectivity index (χ1v) is 8.22. The number of aromatic nitrogens is 1. The zero-order valence-electron chi connectivity index (χ0n) is 13.2. The van der Waals surface area contributed by atoms with Crippen molar-refractivity contribution < 1.29 is 0 Å². The Hall–Kier alpha value is -1.09. The Labute approximate surface area is 123 Å². The van der Waals surface area contributed by atoms with Crippen molar-refractivity contribution in [3.05, 3.63) is 23.9 Å². The van der Waals surface area contributed by atoms with Gasteiger partial charge in [-0.15, -0.1) is 0 Å². The van der Waals surface area contributed by atoms with Crippen molar-refractivity contribution in [1.82, 2.24) is 10.3 Å². The van der Waals surface area contributed by atoms with Gasteiger partial charge in [0.25, 0.3) is 0 Å². The topological polar surface area (TPSA) is 28.2 Å². The van der Waals surface area contributed by atoms with Gasteiger partial charge in [-0.25, -0.2) is 4.98 Å². The Morgan fingerprint density at radius 3 is 2.95 bits per heavy atom. The number of nitrogens with zero attached hydrogens (tertiary/aromatic N) is 2. The van der Waals surface area contributed by atoms with E-state index in [-0.39, 0.29) is 0 Å². The molecule has 1 aliphatic heterocycles. The van der Waals surface area contributed by atoms with Crippen LogP contribution in [-0.4, -0.2) is 24.1 Å². The summed E-state index contributed by atoms with van der Waals surface area (Å²) >= 11 is 0. The van der Waals surface area contributed by atoms with Crippen LogP contribution in [0.2, 0.25) is 0 Å². The summed E-state index contributed by atoms with van der Waals surface area (Å²) in [7, 11) is 0. The second-order valence-electron chi connectivity index (χ2n) is 5.80. The van der Waals surface area contributed by atoms with Crippen LogP contribution in [0.5, 0.6) is 0 Å². The van der Waals surface area contributed by atoms with Crippen LogP contribution < -0.4 is 10.2 Å². The van der Waals surface area contributed by atoms with E-state index in [9.17, 15) is 0 Å². The van der Waals surface area contributed by atoms with Crippen LogP contribution in [0.3, 0.4) is 0 Å². The lowest BCUT2D eigenvalue weighted by atomic mass is 10.0. The minimum atomic E-state index is 0.365. The van der Waals surface area contributed by atoms with E-state index in [2.05, 4.69) is 43.1 Å². The Morgan fingerprint density at radius 1 is 1.35 bits per heavy atom. The molecule has 1 aromatic heterocycles. The van der Waals surface area contributed by atoms with Crippen LogP contribution in [0, 0.1) is 0 Å². The molecule has 3 nitrogen and oxygen atoms in total. The summed E-state index contributed by atoms with van der Waals surface area (Å²) in [5.74, 6) is 1.20. The Kier molecular flexibility index (Phi) is 5.84. The molecule has 0 aromatic carbocycles. The van der Waals surface area contributed by atoms with E-state index in [1.54, 1.807) is 0 Å². The van der Waals surface area contributed by atoms with Gasteiger partial charge in [0.1, 0.15) is 5.82 Å². The third-order valence-electron chi connectivity index (χ3n) is 4.41. The fourth-order valence-corrected chi connectivity index (χ4v) is 3.28. The highest BCUT2D eigenvalue weighted by atomic mass is 15.2. The minimum Gasteiger partial charge on any atom is -0.353 e. The quantitative estimate of drug-likeness (QED) is 0.883. The van der Waals surface area contributed by atoms with Gasteiger partial charge >= 0.3 is 0 Å². The molecular weight excluding hydrogens is 246 g/mol. The van der Waals surface area contributed by atoms with Crippen LogP contribution >= 0.6 is 0 Å². The normalized spacial score (nSPS) is 21.6. The molecule has 0 aliphatic carbocycles. The van der Waals surface area contributed by atoms with Gasteiger partial charge in [0.15, 0.2) is 0 Å². The summed E-state index contributed by atoms with van der Waals surface area (Å²) in [6.45, 7) is 8.85. The van der Waals surface area contributed by atoms with Gasteiger partial charge in [-0.1, -0.05) is 32.8 Å². The van der Waals surface area contributed by atoms with E-state index >= 15 is 0 Å². The maximum absolute atomic E-state index is 4.73. The second-order valence-corrected chi connectivity index (χ2v) is 5.80. The molecule has 2 heterocycles. The standard InChI is InChI=1S/C17H29N3/c1-4-15-10-7-6-8-13-20(15)17-16(11-9-12-19-17)14(3)18-5-2/h9,11-12,14-15,18H,4-8,10,13H2,1-3H3. The molecule has 1 fully saturated rings. The Morgan fingerprint density at radius 2 is 2.20 bits per heavy atom. The molecule has 1 aromatic rings. The van der Waals surface area contributed by atoms with Gasteiger partial charge in [-0.3, -0.25) is 0 Å². The average molecular weight is 275 g/mol. The highest BCUT2D eigenvalue weighted by Gasteiger charge is 2.24. The number of hydrogen-bond donors (Lipinski definition) is 1. The summed E-state index contributed by atoms with van der Waals surface area (Å²) in [5.41, 5.74) is 1.34. The first-order chi connectivity index (χ1) is 9.77. The zero-order chi connectivity index (χ0) is 14.4. The predicted molar refractivity (Wildman–Crippen MR) is 86.2 cm³/mol. The Balaban J connectivity index is 2.29. The number of hydrogen-bond acceptors (Lipinski definition) is 3. The van der Waals surface area contributed by atoms with Crippen molar-refractivity contribution in [1.29, 1.82) is 0 Å². The molecule has 2 atom stereocenters. The van der Waals surface area contributed by atoms with E-state index in [0.29, 0.717) is 12.1 Å². The smallest absolute Gasteiger partial charge is 0.133 e. The highest BCUT2D eigenvalue weighted by Crippen LogP contribution is 2.29. The number of pyridine rings is 1. The molecule has 0 radical (unpaired) electrons. The van der Waals surface area contributed by atoms with Crippen LogP contribution in [0.25, 0.3) is 0 Å². The molecule has 1 saturated heterocycles. The van der Waals surface area contributed by atoms with Gasteiger partial charge in [0.2, 0.25) is 0 Å². The predicted octanol–water partition coefficient (Wildman–Crippen LogP) is 3.91. The van der Waals surface area contributed by atoms with Crippen molar-refractivity contribution in [2.24, 2.45) is 0 Å². The third-order valence-corrected chi connectivity index (χ3v) is 4.41. The van der Waals surface area contributed by atoms with Gasteiger partial charge in [0, 0.05) is 30.4 Å². The molecular formula is C17H29N3. The third kappa shape index (κ3) is 3.51.